The molecule has 5 heteroatoms. The number of carbonyl (C=O) groups is 1. The van der Waals surface area contributed by atoms with Gasteiger partial charge < -0.3 is 4.74 Å². The lowest BCUT2D eigenvalue weighted by Crippen LogP contribution is -2.49. The van der Waals surface area contributed by atoms with Crippen LogP contribution >= 0.6 is 0 Å². The highest BCUT2D eigenvalue weighted by atomic mass is 19.2. The summed E-state index contributed by atoms with van der Waals surface area (Å²) in [4.78, 5) is 13.7. The van der Waals surface area contributed by atoms with Crippen molar-refractivity contribution in [3.8, 4) is 0 Å². The molecule has 0 bridgehead atoms. The summed E-state index contributed by atoms with van der Waals surface area (Å²) in [6.45, 7) is 0.691. The van der Waals surface area contributed by atoms with Crippen LogP contribution in [0.4, 0.5) is 8.78 Å². The minimum absolute atomic E-state index is 0.0810. The third-order valence-corrected chi connectivity index (χ3v) is 4.36. The molecule has 3 unspecified atom stereocenters. The Bertz CT molecular complexity index is 492. The van der Waals surface area contributed by atoms with Crippen molar-refractivity contribution in [3.63, 3.8) is 0 Å². The number of carbonyl (C=O) groups excluding carboxylic acids is 1. The monoisotopic (exact) mass is 281 g/mol. The van der Waals surface area contributed by atoms with Crippen LogP contribution in [0.1, 0.15) is 23.2 Å². The zero-order valence-electron chi connectivity index (χ0n) is 11.1. The SMILES string of the molecule is O=C(OCC12CCCN1CC(F)C2F)c1ccccc1. The number of nitrogens with zero attached hydrogens (tertiary/aromatic N) is 1. The number of alkyl halides is 2. The molecule has 2 fully saturated rings. The van der Waals surface area contributed by atoms with E-state index in [0.29, 0.717) is 18.5 Å². The first-order chi connectivity index (χ1) is 9.63. The van der Waals surface area contributed by atoms with Crippen molar-refractivity contribution >= 4 is 5.97 Å². The minimum Gasteiger partial charge on any atom is -0.460 e. The molecule has 3 nitrogen and oxygen atoms in total. The quantitative estimate of drug-likeness (QED) is 0.797. The first kappa shape index (κ1) is 13.5. The Hall–Kier alpha value is -1.49. The summed E-state index contributed by atoms with van der Waals surface area (Å²) in [6.07, 6.45) is -1.70. The van der Waals surface area contributed by atoms with Gasteiger partial charge in [0.1, 0.15) is 12.8 Å². The Kier molecular flexibility index (Phi) is 3.46. The van der Waals surface area contributed by atoms with Crippen LogP contribution < -0.4 is 0 Å². The smallest absolute Gasteiger partial charge is 0.338 e. The van der Waals surface area contributed by atoms with Crippen LogP contribution in [0, 0.1) is 0 Å². The van der Waals surface area contributed by atoms with E-state index in [4.69, 9.17) is 4.74 Å². The van der Waals surface area contributed by atoms with E-state index < -0.39 is 23.9 Å². The fourth-order valence-corrected chi connectivity index (χ4v) is 3.27. The predicted molar refractivity (Wildman–Crippen MR) is 70.1 cm³/mol. The number of fused-ring (bicyclic) bond motifs is 1. The van der Waals surface area contributed by atoms with Gasteiger partial charge in [-0.25, -0.2) is 13.6 Å². The van der Waals surface area contributed by atoms with Gasteiger partial charge in [0.25, 0.3) is 0 Å². The summed E-state index contributed by atoms with van der Waals surface area (Å²) in [5.74, 6) is -0.485. The van der Waals surface area contributed by atoms with Crippen LogP contribution in [0.3, 0.4) is 0 Å². The Labute approximate surface area is 116 Å². The van der Waals surface area contributed by atoms with Crippen molar-refractivity contribution in [2.75, 3.05) is 19.7 Å². The van der Waals surface area contributed by atoms with Gasteiger partial charge in [0.05, 0.1) is 11.1 Å². The number of hydrogen-bond donors (Lipinski definition) is 0. The molecule has 3 rings (SSSR count). The molecule has 0 saturated carbocycles. The van der Waals surface area contributed by atoms with Crippen molar-refractivity contribution in [3.05, 3.63) is 35.9 Å². The molecule has 0 radical (unpaired) electrons. The third kappa shape index (κ3) is 2.10. The lowest BCUT2D eigenvalue weighted by atomic mass is 9.93. The summed E-state index contributed by atoms with van der Waals surface area (Å²) < 4.78 is 33.0. The van der Waals surface area contributed by atoms with Crippen LogP contribution in [0.2, 0.25) is 0 Å². The number of benzene rings is 1. The maximum absolute atomic E-state index is 14.2. The van der Waals surface area contributed by atoms with E-state index in [2.05, 4.69) is 0 Å². The summed E-state index contributed by atoms with van der Waals surface area (Å²) >= 11 is 0. The second-order valence-corrected chi connectivity index (χ2v) is 5.51. The van der Waals surface area contributed by atoms with Crippen molar-refractivity contribution in [1.82, 2.24) is 4.90 Å². The zero-order valence-corrected chi connectivity index (χ0v) is 11.1. The minimum atomic E-state index is -1.58. The highest BCUT2D eigenvalue weighted by molar-refractivity contribution is 5.89. The Morgan fingerprint density at radius 2 is 2.10 bits per heavy atom. The first-order valence-corrected chi connectivity index (χ1v) is 6.89. The molecule has 108 valence electrons. The molecule has 2 aliphatic rings. The molecule has 0 spiro atoms. The molecule has 1 aromatic carbocycles. The van der Waals surface area contributed by atoms with Crippen LogP contribution in [0.5, 0.6) is 0 Å². The van der Waals surface area contributed by atoms with Crippen molar-refractivity contribution in [2.45, 2.75) is 30.7 Å². The molecule has 20 heavy (non-hydrogen) atoms. The number of halogens is 2. The largest absolute Gasteiger partial charge is 0.460 e. The Morgan fingerprint density at radius 1 is 1.35 bits per heavy atom. The molecule has 0 amide bonds. The van der Waals surface area contributed by atoms with Gasteiger partial charge in [0, 0.05) is 6.54 Å². The van der Waals surface area contributed by atoms with E-state index in [1.165, 1.54) is 0 Å². The van der Waals surface area contributed by atoms with Crippen LogP contribution in [-0.2, 0) is 4.74 Å². The van der Waals surface area contributed by atoms with E-state index in [9.17, 15) is 13.6 Å². The average Bonchev–Trinajstić information content (AvgIpc) is 2.97. The number of hydrogen-bond acceptors (Lipinski definition) is 3. The molecule has 2 saturated heterocycles. The second-order valence-electron chi connectivity index (χ2n) is 5.51. The molecule has 0 N–H and O–H groups in total. The Balaban J connectivity index is 1.70. The zero-order chi connectivity index (χ0) is 14.2. The van der Waals surface area contributed by atoms with Crippen molar-refractivity contribution in [2.24, 2.45) is 0 Å². The van der Waals surface area contributed by atoms with Gasteiger partial charge in [0.2, 0.25) is 0 Å². The standard InChI is InChI=1S/C15H17F2NO2/c16-12-9-18-8-4-7-15(18,13(12)17)10-20-14(19)11-5-2-1-3-6-11/h1-3,5-6,12-13H,4,7-10H2. The van der Waals surface area contributed by atoms with Crippen molar-refractivity contribution in [1.29, 1.82) is 0 Å². The molecule has 2 aliphatic heterocycles. The summed E-state index contributed by atoms with van der Waals surface area (Å²) in [6, 6.07) is 8.57. The molecule has 1 aromatic rings. The lowest BCUT2D eigenvalue weighted by molar-refractivity contribution is 0.00460. The summed E-state index contributed by atoms with van der Waals surface area (Å²) in [5.41, 5.74) is -0.525. The van der Waals surface area contributed by atoms with E-state index in [1.54, 1.807) is 35.2 Å². The van der Waals surface area contributed by atoms with Crippen LogP contribution in [0.25, 0.3) is 0 Å². The molecular formula is C15H17F2NO2. The maximum Gasteiger partial charge on any atom is 0.338 e. The van der Waals surface area contributed by atoms with Gasteiger partial charge in [-0.3, -0.25) is 4.90 Å². The highest BCUT2D eigenvalue weighted by Gasteiger charge is 2.57. The fourth-order valence-electron chi connectivity index (χ4n) is 3.27. The van der Waals surface area contributed by atoms with Gasteiger partial charge in [-0.05, 0) is 31.5 Å². The van der Waals surface area contributed by atoms with Gasteiger partial charge in [-0.15, -0.1) is 0 Å². The van der Waals surface area contributed by atoms with Gasteiger partial charge >= 0.3 is 5.97 Å². The lowest BCUT2D eigenvalue weighted by Gasteiger charge is -2.32. The van der Waals surface area contributed by atoms with E-state index >= 15 is 0 Å². The number of ether oxygens (including phenoxy) is 1. The van der Waals surface area contributed by atoms with Crippen LogP contribution in [0.15, 0.2) is 30.3 Å². The van der Waals surface area contributed by atoms with E-state index in [1.807, 2.05) is 0 Å². The molecular weight excluding hydrogens is 264 g/mol. The molecule has 3 atom stereocenters. The number of esters is 1. The first-order valence-electron chi connectivity index (χ1n) is 6.89. The van der Waals surface area contributed by atoms with E-state index in [-0.39, 0.29) is 13.2 Å². The summed E-state index contributed by atoms with van der Waals surface area (Å²) in [5, 5.41) is 0. The summed E-state index contributed by atoms with van der Waals surface area (Å²) in [7, 11) is 0. The van der Waals surface area contributed by atoms with Gasteiger partial charge in [0.15, 0.2) is 6.17 Å². The third-order valence-electron chi connectivity index (χ3n) is 4.36. The van der Waals surface area contributed by atoms with E-state index in [0.717, 1.165) is 6.42 Å². The molecule has 0 aromatic heterocycles. The molecule has 0 aliphatic carbocycles. The second kappa shape index (κ2) is 5.13. The van der Waals surface area contributed by atoms with Gasteiger partial charge in [-0.1, -0.05) is 18.2 Å². The number of rotatable bonds is 3. The Morgan fingerprint density at radius 3 is 2.85 bits per heavy atom. The van der Waals surface area contributed by atoms with Crippen LogP contribution in [-0.4, -0.2) is 48.4 Å². The average molecular weight is 281 g/mol. The predicted octanol–water partition coefficient (Wildman–Crippen LogP) is 2.37. The molecule has 2 heterocycles. The maximum atomic E-state index is 14.2. The highest BCUT2D eigenvalue weighted by Crippen LogP contribution is 2.42. The topological polar surface area (TPSA) is 29.5 Å². The van der Waals surface area contributed by atoms with Gasteiger partial charge in [-0.2, -0.15) is 0 Å². The van der Waals surface area contributed by atoms with Crippen molar-refractivity contribution < 1.29 is 18.3 Å². The normalized spacial score (nSPS) is 33.1. The fraction of sp³-hybridized carbons (Fsp3) is 0.533.